The van der Waals surface area contributed by atoms with Gasteiger partial charge in [-0.3, -0.25) is 0 Å². The third-order valence-corrected chi connectivity index (χ3v) is 4.19. The molecule has 120 valence electrons. The van der Waals surface area contributed by atoms with Gasteiger partial charge in [-0.1, -0.05) is 47.2 Å². The van der Waals surface area contributed by atoms with E-state index in [0.29, 0.717) is 0 Å². The summed E-state index contributed by atoms with van der Waals surface area (Å²) < 4.78 is 13.1. The highest BCUT2D eigenvalue weighted by atomic mass is 32.2. The monoisotopic (exact) mass is 338 g/mol. The van der Waals surface area contributed by atoms with Crippen molar-refractivity contribution < 1.29 is 9.23 Å². The molecule has 0 aliphatic carbocycles. The van der Waals surface area contributed by atoms with E-state index in [2.05, 4.69) is 10.1 Å². The first-order chi connectivity index (χ1) is 11.8. The average Bonchev–Trinajstić information content (AvgIpc) is 2.61. The number of rotatable bonds is 6. The van der Waals surface area contributed by atoms with E-state index >= 15 is 0 Å². The standard InChI is InChI=1S/C19H15FN2OS/c20-17-8-4-6-15(12-17)14-23-22-13-16-7-5-11-21-19(16)24-18-9-2-1-3-10-18/h1-13H,14H2/b22-13+. The lowest BCUT2D eigenvalue weighted by molar-refractivity contribution is 0.132. The molecule has 0 radical (unpaired) electrons. The van der Waals surface area contributed by atoms with Gasteiger partial charge >= 0.3 is 0 Å². The zero-order valence-electron chi connectivity index (χ0n) is 12.8. The van der Waals surface area contributed by atoms with Crippen molar-refractivity contribution in [2.75, 3.05) is 0 Å². The summed E-state index contributed by atoms with van der Waals surface area (Å²) in [5, 5.41) is 4.82. The van der Waals surface area contributed by atoms with E-state index < -0.39 is 0 Å². The van der Waals surface area contributed by atoms with E-state index in [-0.39, 0.29) is 12.4 Å². The van der Waals surface area contributed by atoms with Crippen LogP contribution in [0.2, 0.25) is 0 Å². The van der Waals surface area contributed by atoms with Gasteiger partial charge in [0.05, 0.1) is 6.21 Å². The van der Waals surface area contributed by atoms with Crippen LogP contribution in [0.4, 0.5) is 4.39 Å². The molecule has 0 aliphatic rings. The van der Waals surface area contributed by atoms with Crippen molar-refractivity contribution in [2.45, 2.75) is 16.5 Å². The van der Waals surface area contributed by atoms with Crippen molar-refractivity contribution in [3.05, 3.63) is 89.9 Å². The maximum atomic E-state index is 13.1. The van der Waals surface area contributed by atoms with Crippen LogP contribution >= 0.6 is 11.8 Å². The summed E-state index contributed by atoms with van der Waals surface area (Å²) in [5.41, 5.74) is 1.60. The smallest absolute Gasteiger partial charge is 0.142 e. The molecule has 0 fully saturated rings. The van der Waals surface area contributed by atoms with Crippen LogP contribution in [0.1, 0.15) is 11.1 Å². The summed E-state index contributed by atoms with van der Waals surface area (Å²) in [6, 6.07) is 20.0. The molecular weight excluding hydrogens is 323 g/mol. The normalized spacial score (nSPS) is 10.9. The van der Waals surface area contributed by atoms with Crippen LogP contribution in [0, 0.1) is 5.82 Å². The number of nitrogens with zero attached hydrogens (tertiary/aromatic N) is 2. The number of oxime groups is 1. The Morgan fingerprint density at radius 1 is 1.04 bits per heavy atom. The van der Waals surface area contributed by atoms with E-state index in [9.17, 15) is 4.39 Å². The number of hydrogen-bond acceptors (Lipinski definition) is 4. The van der Waals surface area contributed by atoms with E-state index in [1.165, 1.54) is 12.1 Å². The Bertz CT molecular complexity index is 824. The van der Waals surface area contributed by atoms with Crippen LogP contribution in [0.25, 0.3) is 0 Å². The highest BCUT2D eigenvalue weighted by molar-refractivity contribution is 7.99. The van der Waals surface area contributed by atoms with E-state index in [1.807, 2.05) is 42.5 Å². The maximum absolute atomic E-state index is 13.1. The van der Waals surface area contributed by atoms with Crippen molar-refractivity contribution in [3.63, 3.8) is 0 Å². The van der Waals surface area contributed by atoms with Crippen LogP contribution < -0.4 is 0 Å². The maximum Gasteiger partial charge on any atom is 0.142 e. The average molecular weight is 338 g/mol. The first-order valence-corrected chi connectivity index (χ1v) is 8.20. The lowest BCUT2D eigenvalue weighted by Crippen LogP contribution is -1.92. The molecule has 0 amide bonds. The first-order valence-electron chi connectivity index (χ1n) is 7.39. The summed E-state index contributed by atoms with van der Waals surface area (Å²) in [5.74, 6) is -0.283. The SMILES string of the molecule is Fc1cccc(CO/N=C/c2cccnc2Sc2ccccc2)c1. The topological polar surface area (TPSA) is 34.5 Å². The van der Waals surface area contributed by atoms with Gasteiger partial charge in [0.25, 0.3) is 0 Å². The molecule has 0 aliphatic heterocycles. The molecule has 0 saturated carbocycles. The molecule has 0 bridgehead atoms. The molecule has 1 heterocycles. The van der Waals surface area contributed by atoms with Gasteiger partial charge in [-0.05, 0) is 42.0 Å². The summed E-state index contributed by atoms with van der Waals surface area (Å²) >= 11 is 1.56. The summed E-state index contributed by atoms with van der Waals surface area (Å²) in [6.45, 7) is 0.218. The number of benzene rings is 2. The minimum atomic E-state index is -0.283. The predicted octanol–water partition coefficient (Wildman–Crippen LogP) is 4.92. The number of aromatic nitrogens is 1. The van der Waals surface area contributed by atoms with Gasteiger partial charge in [0, 0.05) is 16.7 Å². The Hall–Kier alpha value is -2.66. The Morgan fingerprint density at radius 2 is 1.92 bits per heavy atom. The number of hydrogen-bond donors (Lipinski definition) is 0. The van der Waals surface area contributed by atoms with Crippen molar-refractivity contribution in [3.8, 4) is 0 Å². The van der Waals surface area contributed by atoms with Gasteiger partial charge in [0.1, 0.15) is 17.5 Å². The van der Waals surface area contributed by atoms with Gasteiger partial charge in [-0.25, -0.2) is 9.37 Å². The fraction of sp³-hybridized carbons (Fsp3) is 0.0526. The molecule has 3 nitrogen and oxygen atoms in total. The molecule has 3 rings (SSSR count). The molecule has 0 N–H and O–H groups in total. The second-order valence-electron chi connectivity index (χ2n) is 4.95. The van der Waals surface area contributed by atoms with Crippen LogP contribution in [0.3, 0.4) is 0 Å². The van der Waals surface area contributed by atoms with E-state index in [4.69, 9.17) is 4.84 Å². The minimum absolute atomic E-state index is 0.218. The number of pyridine rings is 1. The van der Waals surface area contributed by atoms with Crippen LogP contribution in [-0.2, 0) is 11.4 Å². The molecule has 0 saturated heterocycles. The summed E-state index contributed by atoms with van der Waals surface area (Å²) in [4.78, 5) is 10.7. The minimum Gasteiger partial charge on any atom is -0.391 e. The van der Waals surface area contributed by atoms with Crippen molar-refractivity contribution in [1.29, 1.82) is 0 Å². The van der Waals surface area contributed by atoms with Crippen LogP contribution in [0.5, 0.6) is 0 Å². The molecular formula is C19H15FN2OS. The lowest BCUT2D eigenvalue weighted by atomic mass is 10.2. The Balaban J connectivity index is 1.64. The largest absolute Gasteiger partial charge is 0.391 e. The van der Waals surface area contributed by atoms with Gasteiger partial charge in [-0.15, -0.1) is 0 Å². The predicted molar refractivity (Wildman–Crippen MR) is 93.6 cm³/mol. The molecule has 1 aromatic heterocycles. The molecule has 0 spiro atoms. The van der Waals surface area contributed by atoms with E-state index in [1.54, 1.807) is 36.3 Å². The second-order valence-corrected chi connectivity index (χ2v) is 6.01. The van der Waals surface area contributed by atoms with Crippen molar-refractivity contribution >= 4 is 18.0 Å². The van der Waals surface area contributed by atoms with Gasteiger partial charge in [0.2, 0.25) is 0 Å². The van der Waals surface area contributed by atoms with Crippen LogP contribution in [-0.4, -0.2) is 11.2 Å². The molecule has 24 heavy (non-hydrogen) atoms. The molecule has 0 unspecified atom stereocenters. The molecule has 5 heteroatoms. The Morgan fingerprint density at radius 3 is 2.75 bits per heavy atom. The van der Waals surface area contributed by atoms with E-state index in [0.717, 1.165) is 21.0 Å². The van der Waals surface area contributed by atoms with Gasteiger partial charge < -0.3 is 4.84 Å². The summed E-state index contributed by atoms with van der Waals surface area (Å²) in [7, 11) is 0. The Labute approximate surface area is 144 Å². The van der Waals surface area contributed by atoms with Gasteiger partial charge in [0.15, 0.2) is 0 Å². The third-order valence-electron chi connectivity index (χ3n) is 3.14. The zero-order chi connectivity index (χ0) is 16.6. The van der Waals surface area contributed by atoms with Gasteiger partial charge in [-0.2, -0.15) is 0 Å². The highest BCUT2D eigenvalue weighted by Gasteiger charge is 2.03. The fourth-order valence-corrected chi connectivity index (χ4v) is 2.89. The summed E-state index contributed by atoms with van der Waals surface area (Å²) in [6.07, 6.45) is 3.37. The molecule has 3 aromatic rings. The third kappa shape index (κ3) is 4.67. The molecule has 0 atom stereocenters. The quantitative estimate of drug-likeness (QED) is 0.472. The first kappa shape index (κ1) is 16.2. The zero-order valence-corrected chi connectivity index (χ0v) is 13.6. The van der Waals surface area contributed by atoms with Crippen LogP contribution in [0.15, 0.2) is 88.0 Å². The second kappa shape index (κ2) is 8.26. The van der Waals surface area contributed by atoms with Crippen molar-refractivity contribution in [2.24, 2.45) is 5.16 Å². The fourth-order valence-electron chi connectivity index (χ4n) is 2.02. The lowest BCUT2D eigenvalue weighted by Gasteiger charge is -2.04. The highest BCUT2D eigenvalue weighted by Crippen LogP contribution is 2.27. The van der Waals surface area contributed by atoms with Crippen molar-refractivity contribution in [1.82, 2.24) is 4.98 Å². The number of halogens is 1. The Kier molecular flexibility index (Phi) is 5.58. The molecule has 2 aromatic carbocycles.